The van der Waals surface area contributed by atoms with Crippen molar-refractivity contribution in [1.82, 2.24) is 10.3 Å². The molecule has 1 aromatic carbocycles. The molecule has 0 fully saturated rings. The van der Waals surface area contributed by atoms with Crippen LogP contribution in [-0.2, 0) is 6.54 Å². The highest BCUT2D eigenvalue weighted by atomic mass is 16.5. The summed E-state index contributed by atoms with van der Waals surface area (Å²) in [6.07, 6.45) is 5.04. The van der Waals surface area contributed by atoms with Crippen molar-refractivity contribution in [3.63, 3.8) is 0 Å². The van der Waals surface area contributed by atoms with Gasteiger partial charge in [-0.15, -0.1) is 0 Å². The normalized spacial score (nSPS) is 10.8. The number of carbonyl (C=O) groups excluding carboxylic acids is 1. The molecule has 3 N–H and O–H groups in total. The first-order valence-electron chi connectivity index (χ1n) is 9.38. The van der Waals surface area contributed by atoms with Crippen molar-refractivity contribution in [2.75, 3.05) is 13.7 Å². The van der Waals surface area contributed by atoms with E-state index in [4.69, 9.17) is 15.2 Å². The Morgan fingerprint density at radius 3 is 2.56 bits per heavy atom. The number of rotatable bonds is 11. The number of nitrogens with two attached hydrogens (primary N) is 1. The summed E-state index contributed by atoms with van der Waals surface area (Å²) in [6.45, 7) is 6.27. The van der Waals surface area contributed by atoms with E-state index in [9.17, 15) is 4.79 Å². The average molecular weight is 371 g/mol. The van der Waals surface area contributed by atoms with E-state index in [0.717, 1.165) is 24.6 Å². The summed E-state index contributed by atoms with van der Waals surface area (Å²) in [5, 5.41) is 3.49. The maximum absolute atomic E-state index is 11.1. The minimum absolute atomic E-state index is 0.337. The standard InChI is InChI=1S/C21H29N3O3/c1-4-15(5-2)10-11-23-13-16-6-8-18(19(12-16)26-3)27-20-9-7-17(14-24-20)21(22)25/h6-9,12,14-15,23H,4-5,10-11,13H2,1-3H3,(H2,22,25). The van der Waals surface area contributed by atoms with Crippen LogP contribution < -0.4 is 20.5 Å². The van der Waals surface area contributed by atoms with Gasteiger partial charge in [-0.1, -0.05) is 32.8 Å². The molecule has 0 aliphatic carbocycles. The third-order valence-corrected chi connectivity index (χ3v) is 4.68. The third-order valence-electron chi connectivity index (χ3n) is 4.68. The molecule has 0 bridgehead atoms. The smallest absolute Gasteiger partial charge is 0.250 e. The summed E-state index contributed by atoms with van der Waals surface area (Å²) in [6, 6.07) is 9.00. The van der Waals surface area contributed by atoms with E-state index in [2.05, 4.69) is 24.1 Å². The van der Waals surface area contributed by atoms with E-state index in [-0.39, 0.29) is 0 Å². The Morgan fingerprint density at radius 1 is 1.19 bits per heavy atom. The number of benzene rings is 1. The molecule has 2 rings (SSSR count). The van der Waals surface area contributed by atoms with E-state index in [1.165, 1.54) is 25.5 Å². The van der Waals surface area contributed by atoms with Crippen molar-refractivity contribution in [2.45, 2.75) is 39.7 Å². The number of hydrogen-bond donors (Lipinski definition) is 2. The van der Waals surface area contributed by atoms with Gasteiger partial charge in [0.1, 0.15) is 0 Å². The third kappa shape index (κ3) is 6.25. The molecule has 0 aliphatic rings. The van der Waals surface area contributed by atoms with Crippen LogP contribution in [0.3, 0.4) is 0 Å². The topological polar surface area (TPSA) is 86.5 Å². The van der Waals surface area contributed by atoms with E-state index in [0.29, 0.717) is 22.9 Å². The first-order valence-corrected chi connectivity index (χ1v) is 9.38. The second-order valence-corrected chi connectivity index (χ2v) is 6.48. The van der Waals surface area contributed by atoms with Gasteiger partial charge in [0.05, 0.1) is 12.7 Å². The summed E-state index contributed by atoms with van der Waals surface area (Å²) >= 11 is 0. The Balaban J connectivity index is 1.95. The van der Waals surface area contributed by atoms with Gasteiger partial charge in [-0.3, -0.25) is 4.79 Å². The molecule has 0 unspecified atom stereocenters. The molecule has 0 aliphatic heterocycles. The quantitative estimate of drug-likeness (QED) is 0.585. The van der Waals surface area contributed by atoms with Gasteiger partial charge in [-0.25, -0.2) is 4.98 Å². The second kappa shape index (κ2) is 10.5. The number of nitrogens with zero attached hydrogens (tertiary/aromatic N) is 1. The molecule has 27 heavy (non-hydrogen) atoms. The lowest BCUT2D eigenvalue weighted by Crippen LogP contribution is -2.17. The highest BCUT2D eigenvalue weighted by Crippen LogP contribution is 2.31. The SMILES string of the molecule is CCC(CC)CCNCc1ccc(Oc2ccc(C(N)=O)cn2)c(OC)c1. The van der Waals surface area contributed by atoms with Crippen LogP contribution in [0.15, 0.2) is 36.5 Å². The monoisotopic (exact) mass is 371 g/mol. The average Bonchev–Trinajstić information content (AvgIpc) is 2.69. The lowest BCUT2D eigenvalue weighted by Gasteiger charge is -2.14. The predicted molar refractivity (Wildman–Crippen MR) is 106 cm³/mol. The summed E-state index contributed by atoms with van der Waals surface area (Å²) in [5.41, 5.74) is 6.68. The summed E-state index contributed by atoms with van der Waals surface area (Å²) < 4.78 is 11.2. The molecule has 1 heterocycles. The van der Waals surface area contributed by atoms with Gasteiger partial charge < -0.3 is 20.5 Å². The number of aromatic nitrogens is 1. The number of methoxy groups -OCH3 is 1. The molecule has 0 saturated heterocycles. The van der Waals surface area contributed by atoms with Crippen LogP contribution in [0.1, 0.15) is 49.0 Å². The molecule has 6 nitrogen and oxygen atoms in total. The van der Waals surface area contributed by atoms with Crippen LogP contribution in [0, 0.1) is 5.92 Å². The van der Waals surface area contributed by atoms with E-state index >= 15 is 0 Å². The van der Waals surface area contributed by atoms with Crippen LogP contribution in [0.25, 0.3) is 0 Å². The summed E-state index contributed by atoms with van der Waals surface area (Å²) in [4.78, 5) is 15.2. The second-order valence-electron chi connectivity index (χ2n) is 6.48. The van der Waals surface area contributed by atoms with Crippen molar-refractivity contribution >= 4 is 5.91 Å². The van der Waals surface area contributed by atoms with E-state index < -0.39 is 5.91 Å². The maximum atomic E-state index is 11.1. The van der Waals surface area contributed by atoms with Crippen LogP contribution in [-0.4, -0.2) is 24.5 Å². The zero-order valence-corrected chi connectivity index (χ0v) is 16.3. The lowest BCUT2D eigenvalue weighted by atomic mass is 10.00. The molecule has 1 aromatic heterocycles. The van der Waals surface area contributed by atoms with Crippen LogP contribution in [0.5, 0.6) is 17.4 Å². The first-order chi connectivity index (χ1) is 13.1. The van der Waals surface area contributed by atoms with Gasteiger partial charge in [0.15, 0.2) is 11.5 Å². The minimum Gasteiger partial charge on any atom is -0.493 e. The largest absolute Gasteiger partial charge is 0.493 e. The number of hydrogen-bond acceptors (Lipinski definition) is 5. The first kappa shape index (κ1) is 20.7. The molecule has 0 saturated carbocycles. The van der Waals surface area contributed by atoms with Gasteiger partial charge in [-0.05, 0) is 42.6 Å². The Labute approximate surface area is 161 Å². The molecule has 6 heteroatoms. The number of nitrogens with one attached hydrogen (secondary N) is 1. The Bertz CT molecular complexity index is 728. The van der Waals surface area contributed by atoms with E-state index in [1.807, 2.05) is 18.2 Å². The molecule has 0 atom stereocenters. The van der Waals surface area contributed by atoms with Crippen LogP contribution >= 0.6 is 0 Å². The molecule has 0 radical (unpaired) electrons. The lowest BCUT2D eigenvalue weighted by molar-refractivity contribution is 0.1000. The van der Waals surface area contributed by atoms with Crippen molar-refractivity contribution in [1.29, 1.82) is 0 Å². The van der Waals surface area contributed by atoms with Crippen LogP contribution in [0.4, 0.5) is 0 Å². The molecule has 1 amide bonds. The number of ether oxygens (including phenoxy) is 2. The fraction of sp³-hybridized carbons (Fsp3) is 0.429. The number of primary amides is 1. The zero-order valence-electron chi connectivity index (χ0n) is 16.3. The van der Waals surface area contributed by atoms with Crippen molar-refractivity contribution in [2.24, 2.45) is 11.7 Å². The molecule has 0 spiro atoms. The minimum atomic E-state index is -0.521. The van der Waals surface area contributed by atoms with E-state index in [1.54, 1.807) is 19.2 Å². The molecule has 146 valence electrons. The highest BCUT2D eigenvalue weighted by Gasteiger charge is 2.09. The highest BCUT2D eigenvalue weighted by molar-refractivity contribution is 5.92. The van der Waals surface area contributed by atoms with Crippen molar-refractivity contribution < 1.29 is 14.3 Å². The fourth-order valence-electron chi connectivity index (χ4n) is 2.84. The number of carbonyl (C=O) groups is 1. The van der Waals surface area contributed by atoms with Crippen molar-refractivity contribution in [3.8, 4) is 17.4 Å². The van der Waals surface area contributed by atoms with Gasteiger partial charge in [0, 0.05) is 18.8 Å². The van der Waals surface area contributed by atoms with Gasteiger partial charge >= 0.3 is 0 Å². The van der Waals surface area contributed by atoms with Crippen LogP contribution in [0.2, 0.25) is 0 Å². The number of amides is 1. The maximum Gasteiger partial charge on any atom is 0.250 e. The predicted octanol–water partition coefficient (Wildman–Crippen LogP) is 3.90. The molecule has 2 aromatic rings. The van der Waals surface area contributed by atoms with Crippen molar-refractivity contribution in [3.05, 3.63) is 47.7 Å². The Kier molecular flexibility index (Phi) is 8.07. The summed E-state index contributed by atoms with van der Waals surface area (Å²) in [7, 11) is 1.61. The summed E-state index contributed by atoms with van der Waals surface area (Å²) in [5.74, 6) is 1.84. The van der Waals surface area contributed by atoms with Gasteiger partial charge in [0.2, 0.25) is 11.8 Å². The number of pyridine rings is 1. The molecular formula is C21H29N3O3. The fourth-order valence-corrected chi connectivity index (χ4v) is 2.84. The molecular weight excluding hydrogens is 342 g/mol. The van der Waals surface area contributed by atoms with Gasteiger partial charge in [0.25, 0.3) is 0 Å². The Hall–Kier alpha value is -2.60. The Morgan fingerprint density at radius 2 is 1.96 bits per heavy atom. The van der Waals surface area contributed by atoms with Gasteiger partial charge in [-0.2, -0.15) is 0 Å². The zero-order chi connectivity index (χ0) is 19.6.